The molecular formula is C25H21FN2O3. The van der Waals surface area contributed by atoms with E-state index >= 15 is 0 Å². The number of nitrogens with zero attached hydrogens (tertiary/aromatic N) is 1. The molecule has 0 spiro atoms. The van der Waals surface area contributed by atoms with Gasteiger partial charge in [0.05, 0.1) is 19.2 Å². The van der Waals surface area contributed by atoms with E-state index in [1.807, 2.05) is 43.3 Å². The van der Waals surface area contributed by atoms with Crippen molar-refractivity contribution in [3.05, 3.63) is 101 Å². The van der Waals surface area contributed by atoms with E-state index in [1.54, 1.807) is 19.2 Å². The van der Waals surface area contributed by atoms with Crippen LogP contribution in [0.1, 0.15) is 16.7 Å². The third kappa shape index (κ3) is 4.05. The summed E-state index contributed by atoms with van der Waals surface area (Å²) < 4.78 is 18.6. The molecule has 0 saturated carbocycles. The van der Waals surface area contributed by atoms with Crippen LogP contribution in [0.3, 0.4) is 0 Å². The largest absolute Gasteiger partial charge is 0.497 e. The summed E-state index contributed by atoms with van der Waals surface area (Å²) in [6, 6.07) is 20.2. The number of hydrogen-bond acceptors (Lipinski definition) is 4. The highest BCUT2D eigenvalue weighted by atomic mass is 19.1. The van der Waals surface area contributed by atoms with Gasteiger partial charge in [-0.1, -0.05) is 42.5 Å². The van der Waals surface area contributed by atoms with Crippen molar-refractivity contribution in [2.75, 3.05) is 12.4 Å². The smallest absolute Gasteiger partial charge is 0.278 e. The molecular weight excluding hydrogens is 395 g/mol. The highest BCUT2D eigenvalue weighted by Gasteiger charge is 2.39. The number of rotatable bonds is 6. The van der Waals surface area contributed by atoms with Gasteiger partial charge in [-0.15, -0.1) is 0 Å². The average Bonchev–Trinajstić information content (AvgIpc) is 3.01. The summed E-state index contributed by atoms with van der Waals surface area (Å²) in [5.41, 5.74) is 3.33. The van der Waals surface area contributed by atoms with Crippen molar-refractivity contribution >= 4 is 23.1 Å². The minimum absolute atomic E-state index is 0.116. The fraction of sp³-hybridized carbons (Fsp3) is 0.120. The predicted molar refractivity (Wildman–Crippen MR) is 117 cm³/mol. The summed E-state index contributed by atoms with van der Waals surface area (Å²) in [5.74, 6) is -0.577. The van der Waals surface area contributed by atoms with Crippen LogP contribution in [0.25, 0.3) is 5.57 Å². The minimum atomic E-state index is -0.427. The molecule has 3 aromatic carbocycles. The molecule has 0 unspecified atom stereocenters. The molecule has 1 N–H and O–H groups in total. The van der Waals surface area contributed by atoms with Crippen LogP contribution in [-0.2, 0) is 16.1 Å². The lowest BCUT2D eigenvalue weighted by Gasteiger charge is -2.16. The molecule has 2 amide bonds. The molecule has 0 radical (unpaired) electrons. The Morgan fingerprint density at radius 2 is 1.58 bits per heavy atom. The molecule has 31 heavy (non-hydrogen) atoms. The van der Waals surface area contributed by atoms with Crippen LogP contribution >= 0.6 is 0 Å². The van der Waals surface area contributed by atoms with Crippen molar-refractivity contribution in [1.29, 1.82) is 0 Å². The highest BCUT2D eigenvalue weighted by molar-refractivity contribution is 6.36. The van der Waals surface area contributed by atoms with Gasteiger partial charge in [0.1, 0.15) is 17.3 Å². The standard InChI is InChI=1S/C25H21FN2O3/c1-16-5-3-4-6-21(16)27-23-22(18-9-11-19(26)12-10-18)24(29)28(25(23)30)15-17-7-13-20(31-2)14-8-17/h3-14,27H,15H2,1-2H3. The number of methoxy groups -OCH3 is 1. The van der Waals surface area contributed by atoms with Crippen LogP contribution in [0.15, 0.2) is 78.5 Å². The van der Waals surface area contributed by atoms with Gasteiger partial charge in [-0.25, -0.2) is 4.39 Å². The van der Waals surface area contributed by atoms with Gasteiger partial charge in [0.25, 0.3) is 11.8 Å². The third-order valence-corrected chi connectivity index (χ3v) is 5.21. The molecule has 0 aliphatic carbocycles. The molecule has 156 valence electrons. The van der Waals surface area contributed by atoms with E-state index in [2.05, 4.69) is 5.32 Å². The lowest BCUT2D eigenvalue weighted by molar-refractivity contribution is -0.137. The van der Waals surface area contributed by atoms with Gasteiger partial charge in [-0.05, 0) is 53.9 Å². The van der Waals surface area contributed by atoms with Crippen molar-refractivity contribution in [2.45, 2.75) is 13.5 Å². The fourth-order valence-corrected chi connectivity index (χ4v) is 3.48. The molecule has 3 aromatic rings. The van der Waals surface area contributed by atoms with E-state index in [1.165, 1.54) is 29.2 Å². The molecule has 0 aromatic heterocycles. The SMILES string of the molecule is COc1ccc(CN2C(=O)C(Nc3ccccc3C)=C(c3ccc(F)cc3)C2=O)cc1. The number of anilines is 1. The molecule has 1 aliphatic heterocycles. The molecule has 0 fully saturated rings. The van der Waals surface area contributed by atoms with Crippen LogP contribution in [-0.4, -0.2) is 23.8 Å². The topological polar surface area (TPSA) is 58.6 Å². The summed E-state index contributed by atoms with van der Waals surface area (Å²) >= 11 is 0. The van der Waals surface area contributed by atoms with E-state index in [4.69, 9.17) is 4.74 Å². The molecule has 4 rings (SSSR count). The number of carbonyl (C=O) groups is 2. The normalized spacial score (nSPS) is 13.7. The van der Waals surface area contributed by atoms with E-state index < -0.39 is 17.6 Å². The maximum Gasteiger partial charge on any atom is 0.278 e. The number of aryl methyl sites for hydroxylation is 1. The Kier molecular flexibility index (Phi) is 5.54. The van der Waals surface area contributed by atoms with Gasteiger partial charge < -0.3 is 10.1 Å². The lowest BCUT2D eigenvalue weighted by Crippen LogP contribution is -2.32. The Hall–Kier alpha value is -3.93. The molecule has 0 atom stereocenters. The predicted octanol–water partition coefficient (Wildman–Crippen LogP) is 4.53. The van der Waals surface area contributed by atoms with Gasteiger partial charge in [0.2, 0.25) is 0 Å². The summed E-state index contributed by atoms with van der Waals surface area (Å²) in [7, 11) is 1.57. The molecule has 5 nitrogen and oxygen atoms in total. The van der Waals surface area contributed by atoms with Gasteiger partial charge in [-0.2, -0.15) is 0 Å². The minimum Gasteiger partial charge on any atom is -0.497 e. The Morgan fingerprint density at radius 3 is 2.23 bits per heavy atom. The summed E-state index contributed by atoms with van der Waals surface area (Å²) in [5, 5.41) is 3.14. The molecule has 1 heterocycles. The Bertz CT molecular complexity index is 1170. The molecule has 6 heteroatoms. The van der Waals surface area contributed by atoms with Gasteiger partial charge in [0, 0.05) is 5.69 Å². The number of amides is 2. The lowest BCUT2D eigenvalue weighted by atomic mass is 10.0. The van der Waals surface area contributed by atoms with Crippen molar-refractivity contribution in [2.24, 2.45) is 0 Å². The molecule has 0 bridgehead atoms. The summed E-state index contributed by atoms with van der Waals surface area (Å²) in [6.45, 7) is 2.03. The van der Waals surface area contributed by atoms with Crippen molar-refractivity contribution < 1.29 is 18.7 Å². The van der Waals surface area contributed by atoms with Crippen LogP contribution < -0.4 is 10.1 Å². The van der Waals surface area contributed by atoms with E-state index in [-0.39, 0.29) is 17.8 Å². The van der Waals surface area contributed by atoms with Crippen LogP contribution in [0.2, 0.25) is 0 Å². The Labute approximate surface area is 179 Å². The highest BCUT2D eigenvalue weighted by Crippen LogP contribution is 2.32. The number of ether oxygens (including phenoxy) is 1. The second-order valence-electron chi connectivity index (χ2n) is 7.24. The number of benzene rings is 3. The monoisotopic (exact) mass is 416 g/mol. The van der Waals surface area contributed by atoms with Gasteiger partial charge >= 0.3 is 0 Å². The number of imide groups is 1. The first-order chi connectivity index (χ1) is 15.0. The zero-order valence-electron chi connectivity index (χ0n) is 17.2. The van der Waals surface area contributed by atoms with Crippen molar-refractivity contribution in [1.82, 2.24) is 4.90 Å². The van der Waals surface area contributed by atoms with E-state index in [9.17, 15) is 14.0 Å². The Morgan fingerprint density at radius 1 is 0.903 bits per heavy atom. The Balaban J connectivity index is 1.72. The number of para-hydroxylation sites is 1. The fourth-order valence-electron chi connectivity index (χ4n) is 3.48. The van der Waals surface area contributed by atoms with E-state index in [0.29, 0.717) is 11.3 Å². The number of hydrogen-bond donors (Lipinski definition) is 1. The third-order valence-electron chi connectivity index (χ3n) is 5.21. The maximum absolute atomic E-state index is 13.5. The van der Waals surface area contributed by atoms with Crippen LogP contribution in [0.5, 0.6) is 5.75 Å². The van der Waals surface area contributed by atoms with Crippen LogP contribution in [0.4, 0.5) is 10.1 Å². The molecule has 0 saturated heterocycles. The first kappa shape index (κ1) is 20.3. The average molecular weight is 416 g/mol. The molecule has 1 aliphatic rings. The quantitative estimate of drug-likeness (QED) is 0.600. The van der Waals surface area contributed by atoms with E-state index in [0.717, 1.165) is 16.8 Å². The zero-order chi connectivity index (χ0) is 22.0. The first-order valence-electron chi connectivity index (χ1n) is 9.80. The number of nitrogens with one attached hydrogen (secondary N) is 1. The summed E-state index contributed by atoms with van der Waals surface area (Å²) in [4.78, 5) is 27.8. The number of carbonyl (C=O) groups excluding carboxylic acids is 2. The first-order valence-corrected chi connectivity index (χ1v) is 9.80. The second-order valence-corrected chi connectivity index (χ2v) is 7.24. The van der Waals surface area contributed by atoms with Crippen molar-refractivity contribution in [3.8, 4) is 5.75 Å². The maximum atomic E-state index is 13.5. The van der Waals surface area contributed by atoms with Gasteiger partial charge in [-0.3, -0.25) is 14.5 Å². The second kappa shape index (κ2) is 8.44. The van der Waals surface area contributed by atoms with Crippen molar-refractivity contribution in [3.63, 3.8) is 0 Å². The summed E-state index contributed by atoms with van der Waals surface area (Å²) in [6.07, 6.45) is 0. The number of halogens is 1. The zero-order valence-corrected chi connectivity index (χ0v) is 17.2. The van der Waals surface area contributed by atoms with Gasteiger partial charge in [0.15, 0.2) is 0 Å². The van der Waals surface area contributed by atoms with Crippen LogP contribution in [0, 0.1) is 12.7 Å².